The van der Waals surface area contributed by atoms with Crippen molar-refractivity contribution in [3.05, 3.63) is 42.4 Å². The Morgan fingerprint density at radius 3 is 2.83 bits per heavy atom. The van der Waals surface area contributed by atoms with E-state index in [0.29, 0.717) is 12.2 Å². The van der Waals surface area contributed by atoms with E-state index in [4.69, 9.17) is 4.42 Å². The lowest BCUT2D eigenvalue weighted by molar-refractivity contribution is 0.0666. The Morgan fingerprint density at radius 2 is 2.33 bits per heavy atom. The first-order valence-electron chi connectivity index (χ1n) is 5.89. The SMILES string of the molecule is CC(C)N(Cc1ccco1)C(=O)c1cncn1C. The summed E-state index contributed by atoms with van der Waals surface area (Å²) in [6.45, 7) is 4.43. The van der Waals surface area contributed by atoms with Gasteiger partial charge in [0.05, 0.1) is 25.3 Å². The average Bonchev–Trinajstić information content (AvgIpc) is 2.95. The van der Waals surface area contributed by atoms with E-state index in [1.54, 1.807) is 28.3 Å². The monoisotopic (exact) mass is 247 g/mol. The summed E-state index contributed by atoms with van der Waals surface area (Å²) in [4.78, 5) is 18.2. The molecule has 2 heterocycles. The van der Waals surface area contributed by atoms with Gasteiger partial charge in [-0.2, -0.15) is 0 Å². The van der Waals surface area contributed by atoms with E-state index in [0.717, 1.165) is 5.76 Å². The largest absolute Gasteiger partial charge is 0.467 e. The van der Waals surface area contributed by atoms with Crippen molar-refractivity contribution in [1.82, 2.24) is 14.5 Å². The zero-order valence-corrected chi connectivity index (χ0v) is 10.8. The molecule has 0 atom stereocenters. The van der Waals surface area contributed by atoms with Crippen molar-refractivity contribution in [3.63, 3.8) is 0 Å². The number of amides is 1. The van der Waals surface area contributed by atoms with E-state index in [2.05, 4.69) is 4.98 Å². The molecule has 0 unspecified atom stereocenters. The molecule has 0 saturated carbocycles. The molecule has 0 fully saturated rings. The predicted octanol–water partition coefficient (Wildman–Crippen LogP) is 2.06. The van der Waals surface area contributed by atoms with Crippen LogP contribution < -0.4 is 0 Å². The number of hydrogen-bond donors (Lipinski definition) is 0. The molecule has 0 saturated heterocycles. The molecule has 2 aromatic heterocycles. The van der Waals surface area contributed by atoms with Crippen LogP contribution in [0.2, 0.25) is 0 Å². The lowest BCUT2D eigenvalue weighted by atomic mass is 10.2. The van der Waals surface area contributed by atoms with Gasteiger partial charge in [-0.1, -0.05) is 0 Å². The summed E-state index contributed by atoms with van der Waals surface area (Å²) in [6.07, 6.45) is 4.82. The molecule has 2 aromatic rings. The molecule has 96 valence electrons. The average molecular weight is 247 g/mol. The van der Waals surface area contributed by atoms with Crippen molar-refractivity contribution in [2.75, 3.05) is 0 Å². The zero-order chi connectivity index (χ0) is 13.1. The van der Waals surface area contributed by atoms with Crippen LogP contribution in [0.3, 0.4) is 0 Å². The van der Waals surface area contributed by atoms with E-state index in [1.165, 1.54) is 0 Å². The van der Waals surface area contributed by atoms with E-state index >= 15 is 0 Å². The van der Waals surface area contributed by atoms with Crippen molar-refractivity contribution >= 4 is 5.91 Å². The van der Waals surface area contributed by atoms with Gasteiger partial charge in [-0.25, -0.2) is 4.98 Å². The third-order valence-electron chi connectivity index (χ3n) is 2.83. The van der Waals surface area contributed by atoms with Crippen molar-refractivity contribution < 1.29 is 9.21 Å². The van der Waals surface area contributed by atoms with Crippen molar-refractivity contribution in [1.29, 1.82) is 0 Å². The Balaban J connectivity index is 2.20. The van der Waals surface area contributed by atoms with E-state index in [9.17, 15) is 4.79 Å². The minimum Gasteiger partial charge on any atom is -0.467 e. The highest BCUT2D eigenvalue weighted by Gasteiger charge is 2.22. The van der Waals surface area contributed by atoms with E-state index < -0.39 is 0 Å². The molecule has 0 spiro atoms. The summed E-state index contributed by atoms with van der Waals surface area (Å²) >= 11 is 0. The summed E-state index contributed by atoms with van der Waals surface area (Å²) < 4.78 is 7.02. The van der Waals surface area contributed by atoms with Gasteiger partial charge in [0, 0.05) is 13.1 Å². The molecule has 0 radical (unpaired) electrons. The Morgan fingerprint density at radius 1 is 1.56 bits per heavy atom. The maximum absolute atomic E-state index is 12.4. The molecule has 0 N–H and O–H groups in total. The second-order valence-electron chi connectivity index (χ2n) is 4.50. The second-order valence-corrected chi connectivity index (χ2v) is 4.50. The van der Waals surface area contributed by atoms with Gasteiger partial charge < -0.3 is 13.9 Å². The van der Waals surface area contributed by atoms with Gasteiger partial charge in [0.15, 0.2) is 0 Å². The van der Waals surface area contributed by atoms with Gasteiger partial charge in [-0.05, 0) is 26.0 Å². The van der Waals surface area contributed by atoms with Gasteiger partial charge in [0.25, 0.3) is 5.91 Å². The second kappa shape index (κ2) is 5.08. The highest BCUT2D eigenvalue weighted by atomic mass is 16.3. The molecule has 18 heavy (non-hydrogen) atoms. The van der Waals surface area contributed by atoms with Crippen LogP contribution in [0.15, 0.2) is 35.3 Å². The van der Waals surface area contributed by atoms with Crippen LogP contribution in [-0.2, 0) is 13.6 Å². The van der Waals surface area contributed by atoms with E-state index in [-0.39, 0.29) is 11.9 Å². The number of nitrogens with zero attached hydrogens (tertiary/aromatic N) is 3. The van der Waals surface area contributed by atoms with Crippen molar-refractivity contribution in [2.24, 2.45) is 7.05 Å². The lowest BCUT2D eigenvalue weighted by Crippen LogP contribution is -2.37. The zero-order valence-electron chi connectivity index (χ0n) is 10.8. The first-order valence-corrected chi connectivity index (χ1v) is 5.89. The number of aryl methyl sites for hydroxylation is 1. The summed E-state index contributed by atoms with van der Waals surface area (Å²) in [6, 6.07) is 3.78. The predicted molar refractivity (Wildman–Crippen MR) is 66.9 cm³/mol. The fourth-order valence-electron chi connectivity index (χ4n) is 1.77. The smallest absolute Gasteiger partial charge is 0.272 e. The van der Waals surface area contributed by atoms with Gasteiger partial charge >= 0.3 is 0 Å². The molecule has 1 amide bonds. The lowest BCUT2D eigenvalue weighted by Gasteiger charge is -2.25. The van der Waals surface area contributed by atoms with Crippen LogP contribution in [-0.4, -0.2) is 26.4 Å². The number of carbonyl (C=O) groups excluding carboxylic acids is 1. The number of furan rings is 1. The number of hydrogen-bond acceptors (Lipinski definition) is 3. The van der Waals surface area contributed by atoms with Crippen molar-refractivity contribution in [3.8, 4) is 0 Å². The maximum atomic E-state index is 12.4. The van der Waals surface area contributed by atoms with Gasteiger partial charge in [0.1, 0.15) is 11.5 Å². The van der Waals surface area contributed by atoms with Crippen LogP contribution >= 0.6 is 0 Å². The number of rotatable bonds is 4. The molecule has 0 aliphatic carbocycles. The summed E-state index contributed by atoms with van der Waals surface area (Å²) in [5, 5.41) is 0. The maximum Gasteiger partial charge on any atom is 0.272 e. The summed E-state index contributed by atoms with van der Waals surface area (Å²) in [7, 11) is 1.81. The third kappa shape index (κ3) is 2.45. The number of carbonyl (C=O) groups is 1. The number of aromatic nitrogens is 2. The normalized spacial score (nSPS) is 10.9. The fourth-order valence-corrected chi connectivity index (χ4v) is 1.77. The molecule has 0 aliphatic rings. The summed E-state index contributed by atoms with van der Waals surface area (Å²) in [5.41, 5.74) is 0.579. The molecule has 0 aromatic carbocycles. The standard InChI is InChI=1S/C13H17N3O2/c1-10(2)16(8-11-5-4-6-18-11)13(17)12-7-14-9-15(12)3/h4-7,9-10H,8H2,1-3H3. The minimum atomic E-state index is -0.0404. The minimum absolute atomic E-state index is 0.0404. The first kappa shape index (κ1) is 12.4. The van der Waals surface area contributed by atoms with Gasteiger partial charge in [-0.15, -0.1) is 0 Å². The third-order valence-corrected chi connectivity index (χ3v) is 2.83. The Hall–Kier alpha value is -2.04. The van der Waals surface area contributed by atoms with Crippen LogP contribution in [0.5, 0.6) is 0 Å². The highest BCUT2D eigenvalue weighted by molar-refractivity contribution is 5.92. The van der Waals surface area contributed by atoms with Gasteiger partial charge in [-0.3, -0.25) is 4.79 Å². The van der Waals surface area contributed by atoms with Crippen LogP contribution in [0.4, 0.5) is 0 Å². The molecular weight excluding hydrogens is 230 g/mol. The van der Waals surface area contributed by atoms with Crippen LogP contribution in [0, 0.1) is 0 Å². The quantitative estimate of drug-likeness (QED) is 0.831. The Labute approximate surface area is 106 Å². The highest BCUT2D eigenvalue weighted by Crippen LogP contribution is 2.13. The number of imidazole rings is 1. The Bertz CT molecular complexity index is 514. The molecule has 2 rings (SSSR count). The molecule has 5 heteroatoms. The molecular formula is C13H17N3O2. The topological polar surface area (TPSA) is 51.3 Å². The van der Waals surface area contributed by atoms with Crippen LogP contribution in [0.25, 0.3) is 0 Å². The van der Waals surface area contributed by atoms with Crippen molar-refractivity contribution in [2.45, 2.75) is 26.4 Å². The summed E-state index contributed by atoms with van der Waals surface area (Å²) in [5.74, 6) is 0.737. The fraction of sp³-hybridized carbons (Fsp3) is 0.385. The molecule has 5 nitrogen and oxygen atoms in total. The van der Waals surface area contributed by atoms with Crippen LogP contribution in [0.1, 0.15) is 30.1 Å². The first-order chi connectivity index (χ1) is 8.59. The molecule has 0 aliphatic heterocycles. The van der Waals surface area contributed by atoms with E-state index in [1.807, 2.05) is 33.0 Å². The molecule has 0 bridgehead atoms. The van der Waals surface area contributed by atoms with Gasteiger partial charge in [0.2, 0.25) is 0 Å². The Kier molecular flexibility index (Phi) is 3.50.